The Morgan fingerprint density at radius 2 is 1.84 bits per heavy atom. The van der Waals surface area contributed by atoms with Crippen molar-refractivity contribution in [2.24, 2.45) is 0 Å². The molecule has 0 bridgehead atoms. The third-order valence-corrected chi connectivity index (χ3v) is 6.91. The number of benzene rings is 1. The van der Waals surface area contributed by atoms with Gasteiger partial charge in [0.25, 0.3) is 7.37 Å². The van der Waals surface area contributed by atoms with E-state index in [9.17, 15) is 4.57 Å². The van der Waals surface area contributed by atoms with Gasteiger partial charge in [-0.25, -0.2) is 0 Å². The summed E-state index contributed by atoms with van der Waals surface area (Å²) in [5, 5.41) is 0.487. The lowest BCUT2D eigenvalue weighted by Crippen LogP contribution is -2.25. The van der Waals surface area contributed by atoms with Gasteiger partial charge in [0.1, 0.15) is 5.76 Å². The quantitative estimate of drug-likeness (QED) is 0.719. The molecule has 0 spiro atoms. The van der Waals surface area contributed by atoms with Crippen LogP contribution in [0.5, 0.6) is 0 Å². The standard InChI is InChI=1S/C16H23O2P/c1-4-9-14-13-16(3,12-5-2)19(17,18-14)15-10-7-6-8-11-15/h6-8,10-11,13H,4-5,9,12H2,1-3H3. The zero-order valence-corrected chi connectivity index (χ0v) is 13.0. The van der Waals surface area contributed by atoms with Crippen molar-refractivity contribution in [3.8, 4) is 0 Å². The summed E-state index contributed by atoms with van der Waals surface area (Å²) in [5.41, 5.74) is 0. The van der Waals surface area contributed by atoms with Gasteiger partial charge in [-0.1, -0.05) is 38.5 Å². The van der Waals surface area contributed by atoms with Gasteiger partial charge in [0.05, 0.1) is 5.16 Å². The van der Waals surface area contributed by atoms with E-state index in [0.29, 0.717) is 0 Å². The number of allylic oxidation sites excluding steroid dienone is 2. The summed E-state index contributed by atoms with van der Waals surface area (Å²) in [5.74, 6) is 0.908. The van der Waals surface area contributed by atoms with Gasteiger partial charge in [-0.05, 0) is 38.0 Å². The largest absolute Gasteiger partial charge is 0.444 e. The lowest BCUT2D eigenvalue weighted by molar-refractivity contribution is 0.399. The molecule has 1 aromatic rings. The molecule has 0 N–H and O–H groups in total. The molecule has 0 radical (unpaired) electrons. The van der Waals surface area contributed by atoms with Crippen LogP contribution in [0.3, 0.4) is 0 Å². The number of hydrogen-bond acceptors (Lipinski definition) is 2. The molecule has 0 fully saturated rings. The Bertz CT molecular complexity index is 507. The number of rotatable bonds is 5. The normalized spacial score (nSPS) is 29.9. The van der Waals surface area contributed by atoms with Gasteiger partial charge in [-0.2, -0.15) is 0 Å². The SMILES string of the molecule is CCCC1=CC(C)(CCC)P(=O)(c2ccccc2)O1. The fraction of sp³-hybridized carbons (Fsp3) is 0.500. The van der Waals surface area contributed by atoms with Crippen molar-refractivity contribution in [2.75, 3.05) is 0 Å². The number of hydrogen-bond donors (Lipinski definition) is 0. The van der Waals surface area contributed by atoms with Gasteiger partial charge in [0.2, 0.25) is 0 Å². The van der Waals surface area contributed by atoms with Gasteiger partial charge in [0.15, 0.2) is 0 Å². The first-order chi connectivity index (χ1) is 9.05. The van der Waals surface area contributed by atoms with Crippen molar-refractivity contribution >= 4 is 12.7 Å². The summed E-state index contributed by atoms with van der Waals surface area (Å²) in [6.45, 7) is 6.33. The molecule has 0 aromatic heterocycles. The molecule has 0 saturated carbocycles. The molecule has 1 aliphatic rings. The summed E-state index contributed by atoms with van der Waals surface area (Å²) >= 11 is 0. The third kappa shape index (κ3) is 2.51. The van der Waals surface area contributed by atoms with Crippen molar-refractivity contribution in [3.05, 3.63) is 42.2 Å². The molecule has 1 aliphatic heterocycles. The van der Waals surface area contributed by atoms with Crippen LogP contribution in [-0.4, -0.2) is 5.16 Å². The molecular formula is C16H23O2P. The van der Waals surface area contributed by atoms with Crippen LogP contribution in [0.25, 0.3) is 0 Å². The van der Waals surface area contributed by atoms with Gasteiger partial charge >= 0.3 is 0 Å². The highest BCUT2D eigenvalue weighted by Crippen LogP contribution is 2.66. The van der Waals surface area contributed by atoms with Crippen LogP contribution in [0, 0.1) is 0 Å². The second kappa shape index (κ2) is 5.54. The van der Waals surface area contributed by atoms with E-state index in [0.717, 1.165) is 36.7 Å². The van der Waals surface area contributed by atoms with E-state index in [2.05, 4.69) is 26.8 Å². The minimum atomic E-state index is -2.84. The zero-order valence-electron chi connectivity index (χ0n) is 12.1. The summed E-state index contributed by atoms with van der Waals surface area (Å²) in [6.07, 6.45) is 5.91. The molecule has 2 unspecified atom stereocenters. The molecule has 1 heterocycles. The van der Waals surface area contributed by atoms with Crippen LogP contribution in [0.1, 0.15) is 46.5 Å². The van der Waals surface area contributed by atoms with Crippen LogP contribution in [0.2, 0.25) is 0 Å². The van der Waals surface area contributed by atoms with Gasteiger partial charge in [0, 0.05) is 11.7 Å². The van der Waals surface area contributed by atoms with E-state index >= 15 is 0 Å². The highest BCUT2D eigenvalue weighted by Gasteiger charge is 2.50. The molecule has 0 aliphatic carbocycles. The fourth-order valence-corrected chi connectivity index (χ4v) is 5.56. The first-order valence-electron chi connectivity index (χ1n) is 7.13. The van der Waals surface area contributed by atoms with E-state index < -0.39 is 7.37 Å². The average molecular weight is 278 g/mol. The maximum atomic E-state index is 13.5. The Hall–Kier alpha value is -1.01. The summed E-state index contributed by atoms with van der Waals surface area (Å²) in [4.78, 5) is 0. The minimum absolute atomic E-state index is 0.354. The molecule has 2 nitrogen and oxygen atoms in total. The maximum Gasteiger partial charge on any atom is 0.286 e. The lowest BCUT2D eigenvalue weighted by atomic mass is 10.0. The van der Waals surface area contributed by atoms with Crippen molar-refractivity contribution in [2.45, 2.75) is 51.6 Å². The van der Waals surface area contributed by atoms with Crippen LogP contribution < -0.4 is 5.30 Å². The average Bonchev–Trinajstić information content (AvgIpc) is 2.64. The Balaban J connectivity index is 2.42. The smallest absolute Gasteiger partial charge is 0.286 e. The van der Waals surface area contributed by atoms with Gasteiger partial charge in [-0.3, -0.25) is 4.57 Å². The molecule has 0 saturated heterocycles. The first-order valence-corrected chi connectivity index (χ1v) is 8.75. The van der Waals surface area contributed by atoms with Crippen LogP contribution in [0.4, 0.5) is 0 Å². The summed E-state index contributed by atoms with van der Waals surface area (Å²) < 4.78 is 19.4. The van der Waals surface area contributed by atoms with Crippen molar-refractivity contribution in [1.82, 2.24) is 0 Å². The highest BCUT2D eigenvalue weighted by molar-refractivity contribution is 7.69. The molecule has 2 atom stereocenters. The predicted octanol–water partition coefficient (Wildman–Crippen LogP) is 4.86. The van der Waals surface area contributed by atoms with Gasteiger partial charge in [-0.15, -0.1) is 0 Å². The molecule has 19 heavy (non-hydrogen) atoms. The summed E-state index contributed by atoms with van der Waals surface area (Å²) in [6, 6.07) is 9.67. The molecule has 1 aromatic carbocycles. The Morgan fingerprint density at radius 3 is 2.42 bits per heavy atom. The highest BCUT2D eigenvalue weighted by atomic mass is 31.2. The first kappa shape index (κ1) is 14.4. The molecular weight excluding hydrogens is 255 g/mol. The molecule has 2 rings (SSSR count). The van der Waals surface area contributed by atoms with E-state index in [1.165, 1.54) is 0 Å². The van der Waals surface area contributed by atoms with Crippen LogP contribution in [0.15, 0.2) is 42.2 Å². The zero-order chi connectivity index (χ0) is 13.9. The fourth-order valence-electron chi connectivity index (χ4n) is 2.79. The van der Waals surface area contributed by atoms with Crippen LogP contribution in [-0.2, 0) is 9.09 Å². The van der Waals surface area contributed by atoms with E-state index in [-0.39, 0.29) is 5.16 Å². The Kier molecular flexibility index (Phi) is 4.20. The Morgan fingerprint density at radius 1 is 1.16 bits per heavy atom. The van der Waals surface area contributed by atoms with Gasteiger partial charge < -0.3 is 4.52 Å². The van der Waals surface area contributed by atoms with Crippen molar-refractivity contribution in [1.29, 1.82) is 0 Å². The summed E-state index contributed by atoms with van der Waals surface area (Å²) in [7, 11) is -2.84. The molecule has 104 valence electrons. The second-order valence-electron chi connectivity index (χ2n) is 5.45. The minimum Gasteiger partial charge on any atom is -0.444 e. The lowest BCUT2D eigenvalue weighted by Gasteiger charge is -2.29. The third-order valence-electron chi connectivity index (χ3n) is 3.74. The van der Waals surface area contributed by atoms with Crippen molar-refractivity contribution in [3.63, 3.8) is 0 Å². The van der Waals surface area contributed by atoms with E-state index in [4.69, 9.17) is 4.52 Å². The molecule has 3 heteroatoms. The van der Waals surface area contributed by atoms with Crippen molar-refractivity contribution < 1.29 is 9.09 Å². The van der Waals surface area contributed by atoms with E-state index in [1.807, 2.05) is 30.3 Å². The molecule has 0 amide bonds. The maximum absolute atomic E-state index is 13.5. The van der Waals surface area contributed by atoms with Crippen LogP contribution >= 0.6 is 7.37 Å². The van der Waals surface area contributed by atoms with E-state index in [1.54, 1.807) is 0 Å². The predicted molar refractivity (Wildman–Crippen MR) is 81.1 cm³/mol. The monoisotopic (exact) mass is 278 g/mol. The second-order valence-corrected chi connectivity index (χ2v) is 8.27. The Labute approximate surface area is 116 Å². The topological polar surface area (TPSA) is 26.3 Å².